The monoisotopic (exact) mass is 314 g/mol. The smallest absolute Gasteiger partial charge is 0.159 e. The van der Waals surface area contributed by atoms with Crippen LogP contribution in [0.5, 0.6) is 5.75 Å². The average Bonchev–Trinajstić information content (AvgIpc) is 3.04. The fourth-order valence-electron chi connectivity index (χ4n) is 2.39. The molecule has 0 atom stereocenters. The van der Waals surface area contributed by atoms with E-state index in [0.29, 0.717) is 17.1 Å². The van der Waals surface area contributed by atoms with Gasteiger partial charge in [0.1, 0.15) is 11.6 Å². The SMILES string of the molecule is CC(C)Oc1ccc(-c2ccc(F)c(F)c2)c(-c2ncc[nH]2)c1. The van der Waals surface area contributed by atoms with Crippen molar-refractivity contribution < 1.29 is 13.5 Å². The first-order chi connectivity index (χ1) is 11.0. The summed E-state index contributed by atoms with van der Waals surface area (Å²) < 4.78 is 32.5. The molecule has 0 radical (unpaired) electrons. The molecule has 3 aromatic rings. The first kappa shape index (κ1) is 15.2. The Hall–Kier alpha value is -2.69. The van der Waals surface area contributed by atoms with Gasteiger partial charge in [0.2, 0.25) is 0 Å². The zero-order valence-corrected chi connectivity index (χ0v) is 12.8. The Balaban J connectivity index is 2.13. The van der Waals surface area contributed by atoms with Gasteiger partial charge >= 0.3 is 0 Å². The van der Waals surface area contributed by atoms with Crippen molar-refractivity contribution in [3.05, 3.63) is 60.4 Å². The number of aromatic amines is 1. The fourth-order valence-corrected chi connectivity index (χ4v) is 2.39. The minimum Gasteiger partial charge on any atom is -0.491 e. The van der Waals surface area contributed by atoms with Crippen molar-refractivity contribution in [2.24, 2.45) is 0 Å². The van der Waals surface area contributed by atoms with E-state index in [4.69, 9.17) is 4.74 Å². The predicted molar refractivity (Wildman–Crippen MR) is 85.1 cm³/mol. The summed E-state index contributed by atoms with van der Waals surface area (Å²) in [4.78, 5) is 7.29. The van der Waals surface area contributed by atoms with Crippen LogP contribution in [0.4, 0.5) is 8.78 Å². The molecule has 118 valence electrons. The molecule has 1 N–H and O–H groups in total. The van der Waals surface area contributed by atoms with E-state index in [9.17, 15) is 8.78 Å². The molecule has 0 bridgehead atoms. The van der Waals surface area contributed by atoms with E-state index in [1.54, 1.807) is 18.5 Å². The van der Waals surface area contributed by atoms with Crippen LogP contribution in [0.15, 0.2) is 48.8 Å². The lowest BCUT2D eigenvalue weighted by Crippen LogP contribution is -2.05. The number of hydrogen-bond donors (Lipinski definition) is 1. The molecule has 0 fully saturated rings. The highest BCUT2D eigenvalue weighted by Crippen LogP contribution is 2.34. The van der Waals surface area contributed by atoms with E-state index in [-0.39, 0.29) is 6.10 Å². The van der Waals surface area contributed by atoms with Gasteiger partial charge in [0.15, 0.2) is 11.6 Å². The van der Waals surface area contributed by atoms with Crippen LogP contribution in [0, 0.1) is 11.6 Å². The van der Waals surface area contributed by atoms with Crippen molar-refractivity contribution in [3.8, 4) is 28.3 Å². The molecule has 0 aliphatic heterocycles. The highest BCUT2D eigenvalue weighted by molar-refractivity contribution is 5.81. The molecule has 0 saturated carbocycles. The van der Waals surface area contributed by atoms with Crippen LogP contribution in [0.25, 0.3) is 22.5 Å². The van der Waals surface area contributed by atoms with Gasteiger partial charge in [0.25, 0.3) is 0 Å². The number of nitrogens with zero attached hydrogens (tertiary/aromatic N) is 1. The summed E-state index contributed by atoms with van der Waals surface area (Å²) in [6.07, 6.45) is 3.38. The zero-order valence-electron chi connectivity index (χ0n) is 12.8. The summed E-state index contributed by atoms with van der Waals surface area (Å²) in [5.41, 5.74) is 2.08. The van der Waals surface area contributed by atoms with Gasteiger partial charge in [-0.05, 0) is 55.3 Å². The van der Waals surface area contributed by atoms with Gasteiger partial charge in [-0.1, -0.05) is 6.07 Å². The second-order valence-corrected chi connectivity index (χ2v) is 5.44. The third kappa shape index (κ3) is 3.23. The van der Waals surface area contributed by atoms with Crippen LogP contribution in [0.3, 0.4) is 0 Å². The molecule has 2 aromatic carbocycles. The lowest BCUT2D eigenvalue weighted by Gasteiger charge is -2.14. The Morgan fingerprint density at radius 2 is 1.83 bits per heavy atom. The number of ether oxygens (including phenoxy) is 1. The van der Waals surface area contributed by atoms with Crippen molar-refractivity contribution in [2.45, 2.75) is 20.0 Å². The standard InChI is InChI=1S/C18H16F2N2O/c1-11(2)23-13-4-5-14(12-3-6-16(19)17(20)9-12)15(10-13)18-21-7-8-22-18/h3-11H,1-2H3,(H,21,22). The van der Waals surface area contributed by atoms with Crippen LogP contribution >= 0.6 is 0 Å². The normalized spacial score (nSPS) is 11.0. The highest BCUT2D eigenvalue weighted by atomic mass is 19.2. The number of hydrogen-bond acceptors (Lipinski definition) is 2. The van der Waals surface area contributed by atoms with Crippen molar-refractivity contribution in [1.29, 1.82) is 0 Å². The number of rotatable bonds is 4. The molecule has 3 nitrogen and oxygen atoms in total. The number of aromatic nitrogens is 2. The second-order valence-electron chi connectivity index (χ2n) is 5.44. The van der Waals surface area contributed by atoms with Gasteiger partial charge in [0, 0.05) is 18.0 Å². The molecule has 3 rings (SSSR count). The lowest BCUT2D eigenvalue weighted by atomic mass is 9.98. The molecule has 0 aliphatic carbocycles. The Kier molecular flexibility index (Phi) is 4.10. The largest absolute Gasteiger partial charge is 0.491 e. The second kappa shape index (κ2) is 6.20. The summed E-state index contributed by atoms with van der Waals surface area (Å²) in [5.74, 6) is -0.417. The third-order valence-electron chi connectivity index (χ3n) is 3.35. The summed E-state index contributed by atoms with van der Waals surface area (Å²) in [6.45, 7) is 3.88. The van der Waals surface area contributed by atoms with Crippen LogP contribution < -0.4 is 4.74 Å². The van der Waals surface area contributed by atoms with Crippen LogP contribution in [-0.2, 0) is 0 Å². The van der Waals surface area contributed by atoms with E-state index in [1.165, 1.54) is 6.07 Å². The van der Waals surface area contributed by atoms with Crippen LogP contribution in [0.2, 0.25) is 0 Å². The minimum atomic E-state index is -0.879. The molecular formula is C18H16F2N2O. The molecule has 0 aliphatic rings. The summed E-state index contributed by atoms with van der Waals surface area (Å²) >= 11 is 0. The van der Waals surface area contributed by atoms with Crippen molar-refractivity contribution in [3.63, 3.8) is 0 Å². The lowest BCUT2D eigenvalue weighted by molar-refractivity contribution is 0.242. The maximum Gasteiger partial charge on any atom is 0.159 e. The van der Waals surface area contributed by atoms with Gasteiger partial charge in [-0.15, -0.1) is 0 Å². The molecular weight excluding hydrogens is 298 g/mol. The van der Waals surface area contributed by atoms with Gasteiger partial charge < -0.3 is 9.72 Å². The van der Waals surface area contributed by atoms with Gasteiger partial charge in [-0.25, -0.2) is 13.8 Å². The quantitative estimate of drug-likeness (QED) is 0.750. The molecule has 0 spiro atoms. The van der Waals surface area contributed by atoms with E-state index < -0.39 is 11.6 Å². The molecule has 0 unspecified atom stereocenters. The Labute approximate surface area is 133 Å². The minimum absolute atomic E-state index is 0.0357. The van der Waals surface area contributed by atoms with Crippen molar-refractivity contribution >= 4 is 0 Å². The maximum atomic E-state index is 13.6. The first-order valence-corrected chi connectivity index (χ1v) is 7.30. The molecule has 0 amide bonds. The molecule has 23 heavy (non-hydrogen) atoms. The molecule has 5 heteroatoms. The molecule has 1 heterocycles. The number of benzene rings is 2. The van der Waals surface area contributed by atoms with Crippen LogP contribution in [0.1, 0.15) is 13.8 Å². The van der Waals surface area contributed by atoms with Gasteiger partial charge in [-0.3, -0.25) is 0 Å². The fraction of sp³-hybridized carbons (Fsp3) is 0.167. The number of imidazole rings is 1. The number of nitrogens with one attached hydrogen (secondary N) is 1. The Morgan fingerprint density at radius 3 is 2.48 bits per heavy atom. The topological polar surface area (TPSA) is 37.9 Å². The average molecular weight is 314 g/mol. The molecule has 1 aromatic heterocycles. The predicted octanol–water partition coefficient (Wildman–Crippen LogP) is 4.81. The van der Waals surface area contributed by atoms with E-state index in [1.807, 2.05) is 32.0 Å². The number of halogens is 2. The molecule has 0 saturated heterocycles. The highest BCUT2D eigenvalue weighted by Gasteiger charge is 2.13. The van der Waals surface area contributed by atoms with Gasteiger partial charge in [0.05, 0.1) is 6.10 Å². The third-order valence-corrected chi connectivity index (χ3v) is 3.35. The first-order valence-electron chi connectivity index (χ1n) is 7.30. The van der Waals surface area contributed by atoms with Crippen LogP contribution in [-0.4, -0.2) is 16.1 Å². The van der Waals surface area contributed by atoms with E-state index >= 15 is 0 Å². The van der Waals surface area contributed by atoms with Gasteiger partial charge in [-0.2, -0.15) is 0 Å². The zero-order chi connectivity index (χ0) is 16.4. The summed E-state index contributed by atoms with van der Waals surface area (Å²) in [7, 11) is 0. The van der Waals surface area contributed by atoms with E-state index in [2.05, 4.69) is 9.97 Å². The van der Waals surface area contributed by atoms with E-state index in [0.717, 1.165) is 17.2 Å². The Bertz CT molecular complexity index is 814. The number of H-pyrrole nitrogens is 1. The van der Waals surface area contributed by atoms with Crippen molar-refractivity contribution in [2.75, 3.05) is 0 Å². The summed E-state index contributed by atoms with van der Waals surface area (Å²) in [6, 6.07) is 9.32. The van der Waals surface area contributed by atoms with Crippen molar-refractivity contribution in [1.82, 2.24) is 9.97 Å². The maximum absolute atomic E-state index is 13.6. The Morgan fingerprint density at radius 1 is 1.00 bits per heavy atom. The summed E-state index contributed by atoms with van der Waals surface area (Å²) in [5, 5.41) is 0.